The van der Waals surface area contributed by atoms with E-state index >= 15 is 0 Å². The molecular formula is C28H19ClN2O5. The Kier molecular flexibility index (Phi) is 6.35. The van der Waals surface area contributed by atoms with Gasteiger partial charge in [-0.25, -0.2) is 4.79 Å². The van der Waals surface area contributed by atoms with Gasteiger partial charge in [0.15, 0.2) is 0 Å². The number of fused-ring (bicyclic) bond motifs is 1. The predicted octanol–water partition coefficient (Wildman–Crippen LogP) is 5.95. The van der Waals surface area contributed by atoms with E-state index < -0.39 is 11.9 Å². The Balaban J connectivity index is 1.39. The Bertz CT molecular complexity index is 1490. The van der Waals surface area contributed by atoms with E-state index in [-0.39, 0.29) is 23.0 Å². The molecule has 0 bridgehead atoms. The molecule has 178 valence electrons. The maximum atomic E-state index is 12.2. The maximum Gasteiger partial charge on any atom is 0.379 e. The van der Waals surface area contributed by atoms with Gasteiger partial charge in [0.05, 0.1) is 12.2 Å². The molecule has 3 aromatic carbocycles. The summed E-state index contributed by atoms with van der Waals surface area (Å²) in [6.45, 7) is 0.328. The van der Waals surface area contributed by atoms with Gasteiger partial charge >= 0.3 is 5.97 Å². The van der Waals surface area contributed by atoms with Crippen molar-refractivity contribution in [2.75, 3.05) is 0 Å². The molecule has 1 aliphatic rings. The minimum atomic E-state index is -0.638. The van der Waals surface area contributed by atoms with Crippen molar-refractivity contribution in [3.8, 4) is 23.3 Å². The Labute approximate surface area is 211 Å². The van der Waals surface area contributed by atoms with Crippen molar-refractivity contribution >= 4 is 17.6 Å². The summed E-state index contributed by atoms with van der Waals surface area (Å²) in [5.74, 6) is 0.262. The van der Waals surface area contributed by atoms with Crippen molar-refractivity contribution in [1.29, 1.82) is 5.26 Å². The average molecular weight is 499 g/mol. The monoisotopic (exact) mass is 498 g/mol. The van der Waals surface area contributed by atoms with Crippen molar-refractivity contribution in [3.05, 3.63) is 124 Å². The summed E-state index contributed by atoms with van der Waals surface area (Å²) in [5.41, 5.74) is 8.79. The van der Waals surface area contributed by atoms with Crippen LogP contribution in [0.5, 0.6) is 17.2 Å². The number of halogens is 1. The molecule has 0 fully saturated rings. The summed E-state index contributed by atoms with van der Waals surface area (Å²) in [7, 11) is 0. The second-order valence-electron chi connectivity index (χ2n) is 7.94. The molecule has 0 amide bonds. The van der Waals surface area contributed by atoms with Gasteiger partial charge in [-0.15, -0.1) is 0 Å². The number of furan rings is 1. The van der Waals surface area contributed by atoms with Crippen LogP contribution in [0.3, 0.4) is 0 Å². The average Bonchev–Trinajstić information content (AvgIpc) is 3.43. The number of hydrogen-bond acceptors (Lipinski definition) is 7. The van der Waals surface area contributed by atoms with Crippen LogP contribution in [-0.2, 0) is 6.61 Å². The van der Waals surface area contributed by atoms with E-state index in [1.165, 1.54) is 12.3 Å². The van der Waals surface area contributed by atoms with E-state index in [9.17, 15) is 10.1 Å². The summed E-state index contributed by atoms with van der Waals surface area (Å²) in [6.07, 6.45) is 1.39. The van der Waals surface area contributed by atoms with Crippen LogP contribution in [0, 0.1) is 11.3 Å². The lowest BCUT2D eigenvalue weighted by Crippen LogP contribution is -2.21. The fourth-order valence-corrected chi connectivity index (χ4v) is 4.12. The lowest BCUT2D eigenvalue weighted by atomic mass is 9.83. The minimum absolute atomic E-state index is 0.0106. The molecule has 2 heterocycles. The number of allylic oxidation sites excluding steroid dienone is 1. The lowest BCUT2D eigenvalue weighted by molar-refractivity contribution is 0.0701. The van der Waals surface area contributed by atoms with Crippen LogP contribution in [-0.4, -0.2) is 5.97 Å². The predicted molar refractivity (Wildman–Crippen MR) is 132 cm³/mol. The molecule has 8 heteroatoms. The van der Waals surface area contributed by atoms with Crippen molar-refractivity contribution in [1.82, 2.24) is 0 Å². The molecule has 5 rings (SSSR count). The molecule has 7 nitrogen and oxygen atoms in total. The second-order valence-corrected chi connectivity index (χ2v) is 8.35. The van der Waals surface area contributed by atoms with E-state index in [4.69, 9.17) is 36.0 Å². The van der Waals surface area contributed by atoms with E-state index in [0.717, 1.165) is 11.1 Å². The topological polar surface area (TPSA) is 108 Å². The number of esters is 1. The second kappa shape index (κ2) is 9.90. The SMILES string of the molecule is N#CC1=C(N)Oc2cc(OC(=O)c3ccco3)ccc2C1c1ccc(OCc2ccccc2Cl)cc1. The third kappa shape index (κ3) is 4.63. The van der Waals surface area contributed by atoms with Gasteiger partial charge in [0.25, 0.3) is 0 Å². The number of ether oxygens (including phenoxy) is 3. The first-order valence-corrected chi connectivity index (χ1v) is 11.3. The molecule has 0 saturated carbocycles. The van der Waals surface area contributed by atoms with Gasteiger partial charge in [0.1, 0.15) is 35.5 Å². The molecule has 1 atom stereocenters. The Hall–Kier alpha value is -4.67. The first kappa shape index (κ1) is 23.1. The zero-order valence-electron chi connectivity index (χ0n) is 18.8. The van der Waals surface area contributed by atoms with Gasteiger partial charge in [-0.1, -0.05) is 48.0 Å². The molecule has 2 N–H and O–H groups in total. The van der Waals surface area contributed by atoms with E-state index in [1.54, 1.807) is 24.3 Å². The van der Waals surface area contributed by atoms with Crippen LogP contribution >= 0.6 is 11.6 Å². The van der Waals surface area contributed by atoms with Gasteiger partial charge in [-0.05, 0) is 42.0 Å². The number of nitrogens with zero attached hydrogens (tertiary/aromatic N) is 1. The number of nitriles is 1. The molecule has 0 radical (unpaired) electrons. The number of rotatable bonds is 6. The quantitative estimate of drug-likeness (QED) is 0.258. The smallest absolute Gasteiger partial charge is 0.379 e. The van der Waals surface area contributed by atoms with Gasteiger partial charge in [0.2, 0.25) is 11.6 Å². The zero-order chi connectivity index (χ0) is 25.1. The van der Waals surface area contributed by atoms with E-state index in [0.29, 0.717) is 28.7 Å². The normalized spacial score (nSPS) is 14.4. The molecule has 1 aliphatic heterocycles. The summed E-state index contributed by atoms with van der Waals surface area (Å²) < 4.78 is 22.0. The van der Waals surface area contributed by atoms with Gasteiger partial charge in [-0.2, -0.15) is 5.26 Å². The van der Waals surface area contributed by atoms with Crippen molar-refractivity contribution < 1.29 is 23.4 Å². The minimum Gasteiger partial charge on any atom is -0.489 e. The van der Waals surface area contributed by atoms with Crippen molar-refractivity contribution in [2.45, 2.75) is 12.5 Å². The van der Waals surface area contributed by atoms with Crippen LogP contribution < -0.4 is 19.9 Å². The maximum absolute atomic E-state index is 12.2. The largest absolute Gasteiger partial charge is 0.489 e. The standard InChI is InChI=1S/C28H19ClN2O5/c29-23-5-2-1-4-18(23)16-34-19-9-7-17(8-10-19)26-21-12-11-20(35-28(32)24-6-3-13-33-24)14-25(21)36-27(31)22(26)15-30/h1-14,26H,16,31H2. The zero-order valence-corrected chi connectivity index (χ0v) is 19.6. The first-order chi connectivity index (χ1) is 17.5. The Morgan fingerprint density at radius 3 is 2.53 bits per heavy atom. The molecule has 36 heavy (non-hydrogen) atoms. The molecule has 1 unspecified atom stereocenters. The highest BCUT2D eigenvalue weighted by atomic mass is 35.5. The fourth-order valence-electron chi connectivity index (χ4n) is 3.93. The molecule has 0 saturated heterocycles. The third-order valence-electron chi connectivity index (χ3n) is 5.69. The van der Waals surface area contributed by atoms with Crippen LogP contribution in [0.1, 0.15) is 33.2 Å². The van der Waals surface area contributed by atoms with E-state index in [1.807, 2.05) is 48.5 Å². The fraction of sp³-hybridized carbons (Fsp3) is 0.0714. The molecule has 4 aromatic rings. The molecular weight excluding hydrogens is 480 g/mol. The van der Waals surface area contributed by atoms with Gasteiger partial charge < -0.3 is 24.4 Å². The Morgan fingerprint density at radius 2 is 1.81 bits per heavy atom. The highest BCUT2D eigenvalue weighted by Crippen LogP contribution is 2.43. The van der Waals surface area contributed by atoms with Crippen molar-refractivity contribution in [2.24, 2.45) is 5.73 Å². The molecule has 1 aromatic heterocycles. The van der Waals surface area contributed by atoms with Gasteiger partial charge in [0, 0.05) is 22.2 Å². The van der Waals surface area contributed by atoms with Crippen LogP contribution in [0.25, 0.3) is 0 Å². The molecule has 0 aliphatic carbocycles. The van der Waals surface area contributed by atoms with Crippen LogP contribution in [0.2, 0.25) is 5.02 Å². The number of nitrogens with two attached hydrogens (primary N) is 1. The van der Waals surface area contributed by atoms with Crippen molar-refractivity contribution in [3.63, 3.8) is 0 Å². The number of carbonyl (C=O) groups excluding carboxylic acids is 1. The van der Waals surface area contributed by atoms with Gasteiger partial charge in [-0.3, -0.25) is 0 Å². The summed E-state index contributed by atoms with van der Waals surface area (Å²) >= 11 is 6.20. The summed E-state index contributed by atoms with van der Waals surface area (Å²) in [5, 5.41) is 10.4. The first-order valence-electron chi connectivity index (χ1n) is 11.0. The lowest BCUT2D eigenvalue weighted by Gasteiger charge is -2.26. The highest BCUT2D eigenvalue weighted by Gasteiger charge is 2.31. The molecule has 0 spiro atoms. The number of hydrogen-bond donors (Lipinski definition) is 1. The number of benzene rings is 3. The van der Waals surface area contributed by atoms with Crippen LogP contribution in [0.4, 0.5) is 0 Å². The van der Waals surface area contributed by atoms with E-state index in [2.05, 4.69) is 6.07 Å². The summed E-state index contributed by atoms with van der Waals surface area (Å²) in [6, 6.07) is 25.1. The highest BCUT2D eigenvalue weighted by molar-refractivity contribution is 6.31. The third-order valence-corrected chi connectivity index (χ3v) is 6.06. The number of carbonyl (C=O) groups is 1. The summed E-state index contributed by atoms with van der Waals surface area (Å²) in [4.78, 5) is 12.2. The van der Waals surface area contributed by atoms with Crippen LogP contribution in [0.15, 0.2) is 101 Å². The Morgan fingerprint density at radius 1 is 1.03 bits per heavy atom.